The van der Waals surface area contributed by atoms with Crippen LogP contribution in [0.25, 0.3) is 10.9 Å². The number of carbonyl (C=O) groups excluding carboxylic acids is 1. The number of nitrogens with zero attached hydrogens (tertiary/aromatic N) is 2. The number of fused-ring (bicyclic) bond motifs is 1. The highest BCUT2D eigenvalue weighted by Gasteiger charge is 2.10. The molecule has 1 atom stereocenters. The molecule has 0 saturated heterocycles. The molecule has 0 bridgehead atoms. The molecule has 2 rings (SSSR count). The maximum atomic E-state index is 11.4. The van der Waals surface area contributed by atoms with Crippen LogP contribution in [0.1, 0.15) is 52.0 Å². The molecule has 0 spiro atoms. The summed E-state index contributed by atoms with van der Waals surface area (Å²) in [6.07, 6.45) is 6.59. The van der Waals surface area contributed by atoms with E-state index in [1.807, 2.05) is 25.3 Å². The quantitative estimate of drug-likeness (QED) is 0.437. The molecular weight excluding hydrogens is 372 g/mol. The van der Waals surface area contributed by atoms with E-state index in [9.17, 15) is 4.79 Å². The minimum absolute atomic E-state index is 0.0851. The maximum Gasteiger partial charge on any atom is 0.305 e. The van der Waals surface area contributed by atoms with E-state index >= 15 is 0 Å². The molecule has 1 unspecified atom stereocenters. The molecule has 154 valence electrons. The molecular formula is C23H33ClN2O2. The number of esters is 1. The SMILES string of the molecule is CCCC(=O)OCCN(CC)CCCC(C)Cc1ccnc2cc(Cl)ccc12. The van der Waals surface area contributed by atoms with Crippen LogP contribution >= 0.6 is 11.6 Å². The summed E-state index contributed by atoms with van der Waals surface area (Å²) in [5.41, 5.74) is 2.30. The predicted molar refractivity (Wildman–Crippen MR) is 117 cm³/mol. The summed E-state index contributed by atoms with van der Waals surface area (Å²) in [6.45, 7) is 9.79. The zero-order valence-electron chi connectivity index (χ0n) is 17.4. The van der Waals surface area contributed by atoms with Crippen molar-refractivity contribution in [2.24, 2.45) is 5.92 Å². The van der Waals surface area contributed by atoms with Crippen LogP contribution in [0, 0.1) is 5.92 Å². The van der Waals surface area contributed by atoms with Crippen molar-refractivity contribution in [3.05, 3.63) is 41.0 Å². The van der Waals surface area contributed by atoms with E-state index in [0.717, 1.165) is 49.4 Å². The summed E-state index contributed by atoms with van der Waals surface area (Å²) in [5, 5.41) is 1.92. The number of aromatic nitrogens is 1. The molecule has 4 nitrogen and oxygen atoms in total. The number of likely N-dealkylation sites (N-methyl/N-ethyl adjacent to an activating group) is 1. The second-order valence-corrected chi connectivity index (χ2v) is 7.92. The molecule has 0 radical (unpaired) electrons. The van der Waals surface area contributed by atoms with Gasteiger partial charge in [0.1, 0.15) is 6.61 Å². The summed E-state index contributed by atoms with van der Waals surface area (Å²) in [6, 6.07) is 8.06. The van der Waals surface area contributed by atoms with Crippen LogP contribution in [0.15, 0.2) is 30.5 Å². The molecule has 0 aliphatic heterocycles. The Hall–Kier alpha value is -1.65. The minimum atomic E-state index is -0.0851. The summed E-state index contributed by atoms with van der Waals surface area (Å²) in [7, 11) is 0. The van der Waals surface area contributed by atoms with E-state index in [1.54, 1.807) is 0 Å². The highest BCUT2D eigenvalue weighted by molar-refractivity contribution is 6.31. The number of hydrogen-bond donors (Lipinski definition) is 0. The van der Waals surface area contributed by atoms with E-state index in [0.29, 0.717) is 18.9 Å². The van der Waals surface area contributed by atoms with Gasteiger partial charge in [-0.2, -0.15) is 0 Å². The normalized spacial score (nSPS) is 12.5. The second-order valence-electron chi connectivity index (χ2n) is 7.49. The van der Waals surface area contributed by atoms with Gasteiger partial charge in [0.25, 0.3) is 0 Å². The van der Waals surface area contributed by atoms with E-state index < -0.39 is 0 Å². The second kappa shape index (κ2) is 12.0. The number of benzene rings is 1. The van der Waals surface area contributed by atoms with Gasteiger partial charge in [0, 0.05) is 29.6 Å². The van der Waals surface area contributed by atoms with E-state index in [4.69, 9.17) is 16.3 Å². The zero-order chi connectivity index (χ0) is 20.4. The highest BCUT2D eigenvalue weighted by Crippen LogP contribution is 2.24. The Morgan fingerprint density at radius 1 is 1.25 bits per heavy atom. The molecule has 1 aromatic carbocycles. The van der Waals surface area contributed by atoms with Gasteiger partial charge in [-0.25, -0.2) is 0 Å². The van der Waals surface area contributed by atoms with Crippen molar-refractivity contribution in [3.8, 4) is 0 Å². The lowest BCUT2D eigenvalue weighted by Gasteiger charge is -2.21. The van der Waals surface area contributed by atoms with Gasteiger partial charge < -0.3 is 9.64 Å². The summed E-state index contributed by atoms with van der Waals surface area (Å²) in [4.78, 5) is 18.2. The average Bonchev–Trinajstić information content (AvgIpc) is 2.67. The number of carbonyl (C=O) groups is 1. The molecule has 1 aromatic heterocycles. The lowest BCUT2D eigenvalue weighted by molar-refractivity contribution is -0.144. The van der Waals surface area contributed by atoms with Crippen molar-refractivity contribution >= 4 is 28.5 Å². The molecule has 0 aliphatic rings. The van der Waals surface area contributed by atoms with E-state index in [2.05, 4.69) is 35.9 Å². The molecule has 28 heavy (non-hydrogen) atoms. The van der Waals surface area contributed by atoms with Crippen molar-refractivity contribution in [1.82, 2.24) is 9.88 Å². The lowest BCUT2D eigenvalue weighted by atomic mass is 9.94. The van der Waals surface area contributed by atoms with Crippen molar-refractivity contribution < 1.29 is 9.53 Å². The molecule has 0 saturated carbocycles. The van der Waals surface area contributed by atoms with Gasteiger partial charge in [-0.1, -0.05) is 38.4 Å². The van der Waals surface area contributed by atoms with Crippen molar-refractivity contribution in [3.63, 3.8) is 0 Å². The fourth-order valence-corrected chi connectivity index (χ4v) is 3.66. The fraction of sp³-hybridized carbons (Fsp3) is 0.565. The first-order valence-corrected chi connectivity index (χ1v) is 10.8. The Balaban J connectivity index is 1.76. The third-order valence-electron chi connectivity index (χ3n) is 5.11. The van der Waals surface area contributed by atoms with Gasteiger partial charge in [-0.3, -0.25) is 9.78 Å². The number of rotatable bonds is 12. The molecule has 0 fully saturated rings. The summed E-state index contributed by atoms with van der Waals surface area (Å²) >= 11 is 6.09. The Morgan fingerprint density at radius 3 is 2.82 bits per heavy atom. The maximum absolute atomic E-state index is 11.4. The first-order valence-electron chi connectivity index (χ1n) is 10.4. The largest absolute Gasteiger partial charge is 0.464 e. The van der Waals surface area contributed by atoms with Crippen LogP contribution in [0.3, 0.4) is 0 Å². The van der Waals surface area contributed by atoms with Crippen molar-refractivity contribution in [1.29, 1.82) is 0 Å². The molecule has 2 aromatic rings. The summed E-state index contributed by atoms with van der Waals surface area (Å²) in [5.74, 6) is 0.514. The minimum Gasteiger partial charge on any atom is -0.464 e. The van der Waals surface area contributed by atoms with Gasteiger partial charge >= 0.3 is 5.97 Å². The predicted octanol–water partition coefficient (Wildman–Crippen LogP) is 5.51. The lowest BCUT2D eigenvalue weighted by Crippen LogP contribution is -2.29. The smallest absolute Gasteiger partial charge is 0.305 e. The summed E-state index contributed by atoms with van der Waals surface area (Å²) < 4.78 is 5.27. The van der Waals surface area contributed by atoms with Crippen LogP contribution in [0.2, 0.25) is 5.02 Å². The van der Waals surface area contributed by atoms with Crippen LogP contribution in [0.4, 0.5) is 0 Å². The Bertz CT molecular complexity index is 750. The van der Waals surface area contributed by atoms with Gasteiger partial charge in [-0.05, 0) is 68.5 Å². The molecule has 5 heteroatoms. The van der Waals surface area contributed by atoms with Gasteiger partial charge in [-0.15, -0.1) is 0 Å². The monoisotopic (exact) mass is 404 g/mol. The molecule has 0 amide bonds. The van der Waals surface area contributed by atoms with Gasteiger partial charge in [0.2, 0.25) is 0 Å². The third-order valence-corrected chi connectivity index (χ3v) is 5.34. The standard InChI is InChI=1S/C23H33ClN2O2/c1-4-7-23(27)28-15-14-26(5-2)13-6-8-18(3)16-19-11-12-25-22-17-20(24)9-10-21(19)22/h9-12,17-18H,4-8,13-16H2,1-3H3. The van der Waals surface area contributed by atoms with Crippen LogP contribution in [0.5, 0.6) is 0 Å². The van der Waals surface area contributed by atoms with Crippen LogP contribution in [-0.2, 0) is 16.0 Å². The van der Waals surface area contributed by atoms with E-state index in [1.165, 1.54) is 17.4 Å². The fourth-order valence-electron chi connectivity index (χ4n) is 3.49. The Kier molecular flexibility index (Phi) is 9.72. The average molecular weight is 405 g/mol. The number of ether oxygens (including phenoxy) is 1. The van der Waals surface area contributed by atoms with Crippen LogP contribution in [-0.4, -0.2) is 42.1 Å². The molecule has 0 aliphatic carbocycles. The molecule has 0 N–H and O–H groups in total. The first kappa shape index (κ1) is 22.6. The molecule has 1 heterocycles. The van der Waals surface area contributed by atoms with Crippen LogP contribution < -0.4 is 0 Å². The van der Waals surface area contributed by atoms with E-state index in [-0.39, 0.29) is 5.97 Å². The van der Waals surface area contributed by atoms with Crippen molar-refractivity contribution in [2.45, 2.75) is 52.9 Å². The Morgan fingerprint density at radius 2 is 2.07 bits per heavy atom. The first-order chi connectivity index (χ1) is 13.5. The van der Waals surface area contributed by atoms with Crippen molar-refractivity contribution in [2.75, 3.05) is 26.2 Å². The number of pyridine rings is 1. The zero-order valence-corrected chi connectivity index (χ0v) is 18.2. The third kappa shape index (κ3) is 7.40. The van der Waals surface area contributed by atoms with Gasteiger partial charge in [0.05, 0.1) is 5.52 Å². The Labute approximate surface area is 174 Å². The van der Waals surface area contributed by atoms with Gasteiger partial charge in [0.15, 0.2) is 0 Å². The topological polar surface area (TPSA) is 42.4 Å². The highest BCUT2D eigenvalue weighted by atomic mass is 35.5. The number of halogens is 1. The number of hydrogen-bond acceptors (Lipinski definition) is 4.